The Bertz CT molecular complexity index is 732. The summed E-state index contributed by atoms with van der Waals surface area (Å²) in [5, 5.41) is 6.57. The highest BCUT2D eigenvalue weighted by atomic mass is 16.5. The van der Waals surface area contributed by atoms with Gasteiger partial charge in [-0.05, 0) is 37.1 Å². The molecule has 0 bridgehead atoms. The lowest BCUT2D eigenvalue weighted by Gasteiger charge is -2.15. The van der Waals surface area contributed by atoms with Crippen molar-refractivity contribution in [2.24, 2.45) is 4.99 Å². The van der Waals surface area contributed by atoms with E-state index in [1.807, 2.05) is 43.3 Å². The van der Waals surface area contributed by atoms with Crippen LogP contribution in [0, 0.1) is 0 Å². The number of benzene rings is 2. The molecule has 0 amide bonds. The van der Waals surface area contributed by atoms with Crippen LogP contribution in [-0.2, 0) is 6.42 Å². The monoisotopic (exact) mass is 357 g/mol. The van der Waals surface area contributed by atoms with Gasteiger partial charge in [0.2, 0.25) is 0 Å². The summed E-state index contributed by atoms with van der Waals surface area (Å²) in [6.07, 6.45) is 0.831. The van der Waals surface area contributed by atoms with E-state index in [4.69, 9.17) is 14.2 Å². The van der Waals surface area contributed by atoms with Crippen molar-refractivity contribution in [3.63, 3.8) is 0 Å². The predicted octanol–water partition coefficient (Wildman–Crippen LogP) is 3.33. The third kappa shape index (κ3) is 5.31. The minimum absolute atomic E-state index is 0.575. The average Bonchev–Trinajstić information content (AvgIpc) is 2.68. The van der Waals surface area contributed by atoms with E-state index in [1.165, 1.54) is 0 Å². The largest absolute Gasteiger partial charge is 0.496 e. The molecule has 0 spiro atoms. The molecule has 2 aromatic rings. The number of hydrogen-bond acceptors (Lipinski definition) is 4. The lowest BCUT2D eigenvalue weighted by atomic mass is 10.1. The molecular formula is C20H27N3O3. The second-order valence-electron chi connectivity index (χ2n) is 5.48. The number of nitrogens with one attached hydrogen (secondary N) is 2. The Labute approximate surface area is 155 Å². The van der Waals surface area contributed by atoms with E-state index in [0.29, 0.717) is 24.1 Å². The number of nitrogens with zero attached hydrogens (tertiary/aromatic N) is 1. The molecule has 26 heavy (non-hydrogen) atoms. The van der Waals surface area contributed by atoms with Crippen LogP contribution in [0.3, 0.4) is 0 Å². The van der Waals surface area contributed by atoms with Crippen molar-refractivity contribution < 1.29 is 14.2 Å². The molecule has 0 fully saturated rings. The molecule has 0 aromatic heterocycles. The highest BCUT2D eigenvalue weighted by Crippen LogP contribution is 2.30. The molecule has 0 aliphatic carbocycles. The van der Waals surface area contributed by atoms with Crippen LogP contribution < -0.4 is 24.8 Å². The maximum atomic E-state index is 5.61. The smallest absolute Gasteiger partial charge is 0.195 e. The van der Waals surface area contributed by atoms with Gasteiger partial charge in [-0.3, -0.25) is 4.99 Å². The lowest BCUT2D eigenvalue weighted by Crippen LogP contribution is -2.32. The molecule has 2 N–H and O–H groups in total. The topological polar surface area (TPSA) is 64.1 Å². The van der Waals surface area contributed by atoms with Crippen LogP contribution in [0.25, 0.3) is 0 Å². The van der Waals surface area contributed by atoms with Crippen LogP contribution in [0.4, 0.5) is 5.69 Å². The predicted molar refractivity (Wildman–Crippen MR) is 106 cm³/mol. The van der Waals surface area contributed by atoms with Gasteiger partial charge in [0.15, 0.2) is 17.5 Å². The zero-order valence-corrected chi connectivity index (χ0v) is 15.8. The van der Waals surface area contributed by atoms with E-state index < -0.39 is 0 Å². The molecule has 2 aromatic carbocycles. The summed E-state index contributed by atoms with van der Waals surface area (Å²) in [5.41, 5.74) is 2.03. The molecule has 0 heterocycles. The number of hydrogen-bond donors (Lipinski definition) is 2. The van der Waals surface area contributed by atoms with Gasteiger partial charge < -0.3 is 24.8 Å². The van der Waals surface area contributed by atoms with Crippen molar-refractivity contribution in [2.45, 2.75) is 13.3 Å². The zero-order valence-electron chi connectivity index (χ0n) is 15.8. The first-order valence-electron chi connectivity index (χ1n) is 8.62. The third-order valence-electron chi connectivity index (χ3n) is 3.83. The Kier molecular flexibility index (Phi) is 7.61. The van der Waals surface area contributed by atoms with Crippen molar-refractivity contribution in [1.29, 1.82) is 0 Å². The minimum Gasteiger partial charge on any atom is -0.496 e. The van der Waals surface area contributed by atoms with Crippen LogP contribution in [0.1, 0.15) is 12.5 Å². The van der Waals surface area contributed by atoms with E-state index in [-0.39, 0.29) is 0 Å². The molecule has 0 atom stereocenters. The molecule has 140 valence electrons. The SMILES string of the molecule is CCOc1cc(NC(=NC)NCCc2ccccc2OC)ccc1OC. The quantitative estimate of drug-likeness (QED) is 0.560. The maximum Gasteiger partial charge on any atom is 0.195 e. The number of guanidine groups is 1. The summed E-state index contributed by atoms with van der Waals surface area (Å²) in [5.74, 6) is 2.99. The maximum absolute atomic E-state index is 5.61. The van der Waals surface area contributed by atoms with Gasteiger partial charge in [-0.25, -0.2) is 0 Å². The molecule has 6 heteroatoms. The highest BCUT2D eigenvalue weighted by Gasteiger charge is 2.07. The number of aliphatic imine (C=N–C) groups is 1. The molecule has 0 radical (unpaired) electrons. The van der Waals surface area contributed by atoms with E-state index in [0.717, 1.165) is 30.0 Å². The first kappa shape index (κ1) is 19.4. The van der Waals surface area contributed by atoms with Crippen molar-refractivity contribution in [3.8, 4) is 17.2 Å². The lowest BCUT2D eigenvalue weighted by molar-refractivity contribution is 0.311. The minimum atomic E-state index is 0.575. The summed E-state index contributed by atoms with van der Waals surface area (Å²) in [6, 6.07) is 13.7. The number of ether oxygens (including phenoxy) is 3. The Morgan fingerprint density at radius 3 is 2.46 bits per heavy atom. The van der Waals surface area contributed by atoms with Gasteiger partial charge >= 0.3 is 0 Å². The summed E-state index contributed by atoms with van der Waals surface area (Å²) >= 11 is 0. The van der Waals surface area contributed by atoms with E-state index in [9.17, 15) is 0 Å². The molecule has 6 nitrogen and oxygen atoms in total. The fourth-order valence-corrected chi connectivity index (χ4v) is 2.56. The molecule has 2 rings (SSSR count). The van der Waals surface area contributed by atoms with E-state index in [2.05, 4.69) is 21.7 Å². The fourth-order valence-electron chi connectivity index (χ4n) is 2.56. The molecule has 0 saturated carbocycles. The van der Waals surface area contributed by atoms with Gasteiger partial charge in [-0.15, -0.1) is 0 Å². The standard InChI is InChI=1S/C20H27N3O3/c1-5-26-19-14-16(10-11-18(19)25-4)23-20(21-2)22-13-12-15-8-6-7-9-17(15)24-3/h6-11,14H,5,12-13H2,1-4H3,(H2,21,22,23). The number of methoxy groups -OCH3 is 2. The van der Waals surface area contributed by atoms with Gasteiger partial charge in [0.1, 0.15) is 5.75 Å². The molecule has 0 unspecified atom stereocenters. The van der Waals surface area contributed by atoms with Gasteiger partial charge in [-0.1, -0.05) is 18.2 Å². The number of rotatable bonds is 8. The second-order valence-corrected chi connectivity index (χ2v) is 5.48. The van der Waals surface area contributed by atoms with Crippen LogP contribution >= 0.6 is 0 Å². The van der Waals surface area contributed by atoms with E-state index in [1.54, 1.807) is 21.3 Å². The summed E-state index contributed by atoms with van der Waals surface area (Å²) in [6.45, 7) is 3.25. The Morgan fingerprint density at radius 1 is 1.00 bits per heavy atom. The van der Waals surface area contributed by atoms with Gasteiger partial charge in [-0.2, -0.15) is 0 Å². The van der Waals surface area contributed by atoms with Crippen LogP contribution in [0.5, 0.6) is 17.2 Å². The molecular weight excluding hydrogens is 330 g/mol. The molecule has 0 saturated heterocycles. The Balaban J connectivity index is 1.96. The molecule has 0 aliphatic rings. The van der Waals surface area contributed by atoms with Crippen molar-refractivity contribution >= 4 is 11.6 Å². The van der Waals surface area contributed by atoms with Crippen LogP contribution in [0.2, 0.25) is 0 Å². The zero-order chi connectivity index (χ0) is 18.8. The average molecular weight is 357 g/mol. The van der Waals surface area contributed by atoms with Crippen molar-refractivity contribution in [2.75, 3.05) is 39.7 Å². The summed E-state index contributed by atoms with van der Waals surface area (Å²) in [4.78, 5) is 4.27. The third-order valence-corrected chi connectivity index (χ3v) is 3.83. The van der Waals surface area contributed by atoms with Crippen molar-refractivity contribution in [3.05, 3.63) is 48.0 Å². The van der Waals surface area contributed by atoms with Gasteiger partial charge in [0.25, 0.3) is 0 Å². The molecule has 0 aliphatic heterocycles. The number of para-hydroxylation sites is 1. The van der Waals surface area contributed by atoms with Gasteiger partial charge in [0, 0.05) is 25.3 Å². The first-order valence-corrected chi connectivity index (χ1v) is 8.62. The van der Waals surface area contributed by atoms with Gasteiger partial charge in [0.05, 0.1) is 20.8 Å². The highest BCUT2D eigenvalue weighted by molar-refractivity contribution is 5.93. The Morgan fingerprint density at radius 2 is 1.77 bits per heavy atom. The number of anilines is 1. The van der Waals surface area contributed by atoms with E-state index >= 15 is 0 Å². The Hall–Kier alpha value is -2.89. The summed E-state index contributed by atoms with van der Waals surface area (Å²) in [7, 11) is 5.06. The second kappa shape index (κ2) is 10.2. The van der Waals surface area contributed by atoms with Crippen LogP contribution in [-0.4, -0.2) is 40.4 Å². The first-order chi connectivity index (χ1) is 12.7. The summed E-state index contributed by atoms with van der Waals surface area (Å²) < 4.78 is 16.3. The fraction of sp³-hybridized carbons (Fsp3) is 0.350. The van der Waals surface area contributed by atoms with Crippen LogP contribution in [0.15, 0.2) is 47.5 Å². The van der Waals surface area contributed by atoms with Crippen molar-refractivity contribution in [1.82, 2.24) is 5.32 Å². The normalized spacial score (nSPS) is 11.0.